The minimum Gasteiger partial charge on any atom is -0.448 e. The molecule has 3 rings (SSSR count). The van der Waals surface area contributed by atoms with Crippen molar-refractivity contribution in [3.63, 3.8) is 0 Å². The summed E-state index contributed by atoms with van der Waals surface area (Å²) in [5, 5.41) is 0.483. The highest BCUT2D eigenvalue weighted by atomic mass is 35.5. The highest BCUT2D eigenvalue weighted by Gasteiger charge is 2.36. The fraction of sp³-hybridized carbons (Fsp3) is 0.500. The number of carbonyl (C=O) groups is 2. The average molecular weight is 324 g/mol. The van der Waals surface area contributed by atoms with Gasteiger partial charge < -0.3 is 14.4 Å². The van der Waals surface area contributed by atoms with Crippen LogP contribution in [0.2, 0.25) is 5.02 Å². The summed E-state index contributed by atoms with van der Waals surface area (Å²) in [6, 6.07) is 5.08. The number of hydrogen-bond donors (Lipinski definition) is 0. The van der Waals surface area contributed by atoms with Crippen LogP contribution in [-0.4, -0.2) is 48.2 Å². The Hall–Kier alpha value is -1.59. The predicted octanol–water partition coefficient (Wildman–Crippen LogP) is 2.06. The number of carbonyl (C=O) groups excluding carboxylic acids is 2. The second-order valence-corrected chi connectivity index (χ2v) is 6.34. The molecular formula is C16H18ClNO4. The molecule has 1 amide bonds. The van der Waals surface area contributed by atoms with E-state index in [0.717, 1.165) is 5.56 Å². The van der Waals surface area contributed by atoms with Crippen LogP contribution in [0.3, 0.4) is 0 Å². The first-order valence-corrected chi connectivity index (χ1v) is 7.75. The van der Waals surface area contributed by atoms with E-state index in [9.17, 15) is 9.59 Å². The van der Waals surface area contributed by atoms with E-state index in [-0.39, 0.29) is 18.1 Å². The van der Waals surface area contributed by atoms with Crippen molar-refractivity contribution in [3.8, 4) is 0 Å². The van der Waals surface area contributed by atoms with Crippen molar-refractivity contribution in [1.82, 2.24) is 4.90 Å². The molecule has 0 N–H and O–H groups in total. The Labute approximate surface area is 134 Å². The Morgan fingerprint density at radius 2 is 1.95 bits per heavy atom. The van der Waals surface area contributed by atoms with Crippen LogP contribution >= 0.6 is 11.6 Å². The number of cyclic esters (lactones) is 1. The van der Waals surface area contributed by atoms with Crippen LogP contribution in [0.5, 0.6) is 0 Å². The molecule has 22 heavy (non-hydrogen) atoms. The second-order valence-electron chi connectivity index (χ2n) is 5.90. The quantitative estimate of drug-likeness (QED) is 0.742. The van der Waals surface area contributed by atoms with Crippen molar-refractivity contribution in [1.29, 1.82) is 0 Å². The zero-order valence-corrected chi connectivity index (χ0v) is 13.3. The van der Waals surface area contributed by atoms with E-state index in [0.29, 0.717) is 30.1 Å². The van der Waals surface area contributed by atoms with Crippen molar-refractivity contribution in [2.45, 2.75) is 38.6 Å². The molecule has 3 atom stereocenters. The van der Waals surface area contributed by atoms with Gasteiger partial charge in [0.2, 0.25) is 0 Å². The molecule has 5 nitrogen and oxygen atoms in total. The summed E-state index contributed by atoms with van der Waals surface area (Å²) in [5.41, 5.74) is 1.24. The van der Waals surface area contributed by atoms with Crippen molar-refractivity contribution in [3.05, 3.63) is 34.3 Å². The first kappa shape index (κ1) is 15.3. The van der Waals surface area contributed by atoms with Crippen molar-refractivity contribution in [2.75, 3.05) is 13.1 Å². The highest BCUT2D eigenvalue weighted by Crippen LogP contribution is 2.25. The number of benzene rings is 1. The van der Waals surface area contributed by atoms with E-state index < -0.39 is 12.1 Å². The minimum absolute atomic E-state index is 0.0157. The van der Waals surface area contributed by atoms with Crippen molar-refractivity contribution >= 4 is 23.5 Å². The summed E-state index contributed by atoms with van der Waals surface area (Å²) in [5.74, 6) is -0.646. The molecule has 0 bridgehead atoms. The molecule has 0 radical (unpaired) electrons. The Morgan fingerprint density at radius 3 is 2.64 bits per heavy atom. The zero-order chi connectivity index (χ0) is 15.9. The number of esters is 1. The van der Waals surface area contributed by atoms with Crippen LogP contribution < -0.4 is 0 Å². The molecule has 0 aromatic heterocycles. The fourth-order valence-corrected chi connectivity index (χ4v) is 3.22. The van der Waals surface area contributed by atoms with Crippen LogP contribution in [-0.2, 0) is 20.7 Å². The van der Waals surface area contributed by atoms with E-state index in [1.165, 1.54) is 0 Å². The number of morpholine rings is 1. The van der Waals surface area contributed by atoms with Gasteiger partial charge in [-0.25, -0.2) is 4.79 Å². The van der Waals surface area contributed by atoms with Gasteiger partial charge in [0, 0.05) is 24.5 Å². The largest absolute Gasteiger partial charge is 0.448 e. The summed E-state index contributed by atoms with van der Waals surface area (Å²) in [4.78, 5) is 26.4. The fourth-order valence-electron chi connectivity index (χ4n) is 3.05. The molecule has 1 aromatic rings. The number of hydrogen-bond acceptors (Lipinski definition) is 4. The molecule has 2 aliphatic rings. The lowest BCUT2D eigenvalue weighted by Gasteiger charge is -2.37. The van der Waals surface area contributed by atoms with Crippen LogP contribution in [0.25, 0.3) is 0 Å². The third-order valence-corrected chi connectivity index (χ3v) is 4.19. The normalized spacial score (nSPS) is 28.0. The third kappa shape index (κ3) is 2.96. The molecule has 0 spiro atoms. The van der Waals surface area contributed by atoms with Crippen LogP contribution in [0, 0.1) is 0 Å². The topological polar surface area (TPSA) is 55.8 Å². The van der Waals surface area contributed by atoms with Gasteiger partial charge in [-0.3, -0.25) is 4.79 Å². The highest BCUT2D eigenvalue weighted by molar-refractivity contribution is 6.31. The molecule has 1 saturated heterocycles. The number of rotatable bonds is 1. The van der Waals surface area contributed by atoms with Gasteiger partial charge in [-0.15, -0.1) is 0 Å². The smallest absolute Gasteiger partial charge is 0.339 e. The molecule has 0 aliphatic carbocycles. The zero-order valence-electron chi connectivity index (χ0n) is 12.5. The number of fused-ring (bicyclic) bond motifs is 1. The Kier molecular flexibility index (Phi) is 4.10. The Balaban J connectivity index is 1.77. The summed E-state index contributed by atoms with van der Waals surface area (Å²) in [6.07, 6.45) is -0.410. The van der Waals surface area contributed by atoms with Gasteiger partial charge in [0.1, 0.15) is 0 Å². The summed E-state index contributed by atoms with van der Waals surface area (Å²) >= 11 is 5.90. The first-order valence-electron chi connectivity index (χ1n) is 7.37. The number of amides is 1. The molecular weight excluding hydrogens is 306 g/mol. The van der Waals surface area contributed by atoms with Crippen molar-refractivity contribution < 1.29 is 19.1 Å². The molecule has 118 valence electrons. The van der Waals surface area contributed by atoms with Gasteiger partial charge in [-0.1, -0.05) is 17.7 Å². The monoisotopic (exact) mass is 323 g/mol. The molecule has 0 saturated carbocycles. The van der Waals surface area contributed by atoms with E-state index in [1.54, 1.807) is 23.1 Å². The van der Waals surface area contributed by atoms with Gasteiger partial charge in [0.25, 0.3) is 5.91 Å². The maximum atomic E-state index is 12.6. The molecule has 6 heteroatoms. The SMILES string of the molecule is C[C@@H]1CN(C(=O)[C@H]2Cc3ccc(Cl)cc3C(=O)O2)C[C@H](C)O1. The van der Waals surface area contributed by atoms with Gasteiger partial charge in [-0.05, 0) is 31.5 Å². The molecule has 1 fully saturated rings. The molecule has 1 aromatic carbocycles. The maximum absolute atomic E-state index is 12.6. The number of ether oxygens (including phenoxy) is 2. The lowest BCUT2D eigenvalue weighted by molar-refractivity contribution is -0.152. The summed E-state index contributed by atoms with van der Waals surface area (Å²) < 4.78 is 11.0. The first-order chi connectivity index (χ1) is 10.4. The number of nitrogens with zero attached hydrogens (tertiary/aromatic N) is 1. The summed E-state index contributed by atoms with van der Waals surface area (Å²) in [7, 11) is 0. The molecule has 2 heterocycles. The van der Waals surface area contributed by atoms with E-state index in [2.05, 4.69) is 0 Å². The maximum Gasteiger partial charge on any atom is 0.339 e. The molecule has 2 aliphatic heterocycles. The lowest BCUT2D eigenvalue weighted by Crippen LogP contribution is -2.53. The van der Waals surface area contributed by atoms with Gasteiger partial charge in [0.05, 0.1) is 17.8 Å². The van der Waals surface area contributed by atoms with E-state index in [4.69, 9.17) is 21.1 Å². The standard InChI is InChI=1S/C16H18ClNO4/c1-9-7-18(8-10(2)21-9)15(19)14-5-11-3-4-12(17)6-13(11)16(20)22-14/h3-4,6,9-10,14H,5,7-8H2,1-2H3/t9-,10+,14-/m1/s1. The van der Waals surface area contributed by atoms with Crippen LogP contribution in [0.1, 0.15) is 29.8 Å². The summed E-state index contributed by atoms with van der Waals surface area (Å²) in [6.45, 7) is 4.90. The average Bonchev–Trinajstić information content (AvgIpc) is 2.46. The Bertz CT molecular complexity index is 608. The number of halogens is 1. The molecule has 0 unspecified atom stereocenters. The second kappa shape index (κ2) is 5.89. The lowest BCUT2D eigenvalue weighted by atomic mass is 9.97. The van der Waals surface area contributed by atoms with E-state index in [1.807, 2.05) is 13.8 Å². The van der Waals surface area contributed by atoms with Gasteiger partial charge in [0.15, 0.2) is 6.10 Å². The predicted molar refractivity (Wildman–Crippen MR) is 80.9 cm³/mol. The van der Waals surface area contributed by atoms with E-state index >= 15 is 0 Å². The van der Waals surface area contributed by atoms with Crippen molar-refractivity contribution in [2.24, 2.45) is 0 Å². The Morgan fingerprint density at radius 1 is 1.27 bits per heavy atom. The minimum atomic E-state index is -0.765. The van der Waals surface area contributed by atoms with Crippen LogP contribution in [0.4, 0.5) is 0 Å². The van der Waals surface area contributed by atoms with Gasteiger partial charge in [-0.2, -0.15) is 0 Å². The third-order valence-electron chi connectivity index (χ3n) is 3.95. The van der Waals surface area contributed by atoms with Gasteiger partial charge >= 0.3 is 5.97 Å². The van der Waals surface area contributed by atoms with Crippen LogP contribution in [0.15, 0.2) is 18.2 Å².